The molecule has 288 valence electrons. The van der Waals surface area contributed by atoms with Gasteiger partial charge in [0.05, 0.1) is 5.41 Å². The second kappa shape index (κ2) is 15.1. The van der Waals surface area contributed by atoms with Crippen molar-refractivity contribution >= 4 is 50.0 Å². The van der Waals surface area contributed by atoms with Gasteiger partial charge in [-0.05, 0) is 154 Å². The van der Waals surface area contributed by atoms with Gasteiger partial charge in [0.1, 0.15) is 0 Å². The molecule has 9 aromatic carbocycles. The highest BCUT2D eigenvalue weighted by Gasteiger charge is 2.48. The lowest BCUT2D eigenvalue weighted by molar-refractivity contribution is 0.768. The van der Waals surface area contributed by atoms with Gasteiger partial charge in [-0.3, -0.25) is 0 Å². The summed E-state index contributed by atoms with van der Waals surface area (Å²) in [4.78, 5) is 4.62. The van der Waals surface area contributed by atoms with Crippen molar-refractivity contribution in [1.82, 2.24) is 0 Å². The molecule has 0 amide bonds. The molecule has 0 radical (unpaired) electrons. The van der Waals surface area contributed by atoms with Crippen LogP contribution >= 0.6 is 0 Å². The first-order valence-corrected chi connectivity index (χ1v) is 20.8. The van der Waals surface area contributed by atoms with Crippen LogP contribution in [0.4, 0.5) is 28.4 Å². The zero-order chi connectivity index (χ0) is 40.8. The molecule has 0 bridgehead atoms. The molecule has 2 nitrogen and oxygen atoms in total. The van der Waals surface area contributed by atoms with E-state index in [2.05, 4.69) is 243 Å². The van der Waals surface area contributed by atoms with E-state index in [0.717, 1.165) is 34.1 Å². The summed E-state index contributed by atoms with van der Waals surface area (Å²) in [6.07, 6.45) is 4.06. The van der Waals surface area contributed by atoms with Gasteiger partial charge in [-0.2, -0.15) is 0 Å². The summed E-state index contributed by atoms with van der Waals surface area (Å²) in [7, 11) is 0. The summed E-state index contributed by atoms with van der Waals surface area (Å²) >= 11 is 0. The Morgan fingerprint density at radius 2 is 0.783 bits per heavy atom. The third-order valence-electron chi connectivity index (χ3n) is 12.5. The molecular weight excluding hydrogens is 725 g/mol. The highest BCUT2D eigenvalue weighted by Crippen LogP contribution is 2.60. The smallest absolute Gasteiger partial charge is 0.0714 e. The van der Waals surface area contributed by atoms with Crippen molar-refractivity contribution in [1.29, 1.82) is 0 Å². The van der Waals surface area contributed by atoms with Gasteiger partial charge in [-0.15, -0.1) is 0 Å². The topological polar surface area (TPSA) is 6.48 Å². The molecule has 1 aliphatic carbocycles. The van der Waals surface area contributed by atoms with Crippen LogP contribution in [0, 0.1) is 13.8 Å². The summed E-state index contributed by atoms with van der Waals surface area (Å²) in [6.45, 7) is 10.8. The second-order valence-corrected chi connectivity index (χ2v) is 15.8. The summed E-state index contributed by atoms with van der Waals surface area (Å²) in [5.74, 6) is 0. The predicted molar refractivity (Wildman–Crippen MR) is 255 cm³/mol. The van der Waals surface area contributed by atoms with Crippen molar-refractivity contribution in [2.45, 2.75) is 26.2 Å². The Morgan fingerprint density at radius 1 is 0.433 bits per heavy atom. The molecule has 0 spiro atoms. The first-order valence-electron chi connectivity index (χ1n) is 20.8. The number of aryl methyl sites for hydroxylation is 2. The quantitative estimate of drug-likeness (QED) is 0.135. The van der Waals surface area contributed by atoms with E-state index >= 15 is 0 Å². The number of para-hydroxylation sites is 3. The number of rotatable bonds is 9. The lowest BCUT2D eigenvalue weighted by Crippen LogP contribution is -2.29. The van der Waals surface area contributed by atoms with E-state index in [0.29, 0.717) is 0 Å². The van der Waals surface area contributed by atoms with Crippen LogP contribution < -0.4 is 9.80 Å². The zero-order valence-electron chi connectivity index (χ0n) is 34.3. The minimum absolute atomic E-state index is 0.630. The van der Waals surface area contributed by atoms with E-state index in [-0.39, 0.29) is 0 Å². The lowest BCUT2D eigenvalue weighted by Gasteiger charge is -2.36. The van der Waals surface area contributed by atoms with Crippen LogP contribution in [0.15, 0.2) is 225 Å². The Balaban J connectivity index is 1.27. The number of allylic oxidation sites excluding steroid dienone is 2. The van der Waals surface area contributed by atoms with Crippen LogP contribution in [-0.2, 0) is 5.41 Å². The molecule has 60 heavy (non-hydrogen) atoms. The number of fused-ring (bicyclic) bond motifs is 7. The van der Waals surface area contributed by atoms with Gasteiger partial charge in [0.25, 0.3) is 0 Å². The highest BCUT2D eigenvalue weighted by atomic mass is 15.1. The van der Waals surface area contributed by atoms with E-state index < -0.39 is 5.41 Å². The number of hydrogen-bond donors (Lipinski definition) is 0. The van der Waals surface area contributed by atoms with E-state index in [1.54, 1.807) is 0 Å². The lowest BCUT2D eigenvalue weighted by atomic mass is 9.67. The fraction of sp³-hybridized carbons (Fsp3) is 0.0690. The normalized spacial score (nSPS) is 12.9. The number of nitrogens with zero attached hydrogens (tertiary/aromatic N) is 2. The van der Waals surface area contributed by atoms with E-state index in [1.807, 2.05) is 6.08 Å². The molecule has 0 N–H and O–H groups in total. The van der Waals surface area contributed by atoms with Crippen LogP contribution in [0.5, 0.6) is 0 Å². The van der Waals surface area contributed by atoms with Gasteiger partial charge in [0.15, 0.2) is 0 Å². The fourth-order valence-corrected chi connectivity index (χ4v) is 9.86. The highest BCUT2D eigenvalue weighted by molar-refractivity contribution is 6.13. The summed E-state index contributed by atoms with van der Waals surface area (Å²) in [5.41, 5.74) is 16.2. The average molecular weight is 771 g/mol. The summed E-state index contributed by atoms with van der Waals surface area (Å²) in [6, 6.07) is 73.4. The average Bonchev–Trinajstić information content (AvgIpc) is 3.60. The minimum Gasteiger partial charge on any atom is -0.311 e. The standard InChI is InChI=1S/C58H46N2/c1-5-44(6-2)59(45-20-10-7-11-21-45)48-34-30-42(31-35-48)58(43-32-36-49(37-33-43)60(46-22-12-8-13-23-46)47-24-14-9-15-25-47)54-38-40(3)50-26-16-18-28-52(50)56(54)57-53-29-19-17-27-51(53)41(4)39-55(57)58/h5-39H,1H2,2-4H3. The van der Waals surface area contributed by atoms with Gasteiger partial charge < -0.3 is 9.80 Å². The van der Waals surface area contributed by atoms with E-state index in [9.17, 15) is 0 Å². The molecule has 0 saturated heterocycles. The fourth-order valence-electron chi connectivity index (χ4n) is 9.86. The molecular formula is C58H46N2. The van der Waals surface area contributed by atoms with Crippen LogP contribution in [0.25, 0.3) is 32.7 Å². The molecule has 0 unspecified atom stereocenters. The van der Waals surface area contributed by atoms with Crippen LogP contribution in [0.1, 0.15) is 40.3 Å². The zero-order valence-corrected chi connectivity index (χ0v) is 34.3. The Morgan fingerprint density at radius 3 is 1.20 bits per heavy atom. The van der Waals surface area contributed by atoms with Gasteiger partial charge in [0, 0.05) is 34.1 Å². The van der Waals surface area contributed by atoms with Gasteiger partial charge in [-0.25, -0.2) is 0 Å². The molecule has 9 aromatic rings. The molecule has 0 aromatic heterocycles. The third kappa shape index (κ3) is 5.79. The first kappa shape index (κ1) is 36.9. The summed E-state index contributed by atoms with van der Waals surface area (Å²) in [5, 5.41) is 5.15. The molecule has 1 aliphatic rings. The Bertz CT molecular complexity index is 2920. The van der Waals surface area contributed by atoms with Gasteiger partial charge in [-0.1, -0.05) is 152 Å². The van der Waals surface area contributed by atoms with Crippen LogP contribution in [0.3, 0.4) is 0 Å². The minimum atomic E-state index is -0.630. The summed E-state index contributed by atoms with van der Waals surface area (Å²) < 4.78 is 0. The molecule has 0 atom stereocenters. The number of hydrogen-bond acceptors (Lipinski definition) is 2. The van der Waals surface area contributed by atoms with Crippen LogP contribution in [-0.4, -0.2) is 0 Å². The Labute approximate surface area is 353 Å². The number of anilines is 5. The van der Waals surface area contributed by atoms with Crippen molar-refractivity contribution in [3.63, 3.8) is 0 Å². The molecule has 0 aliphatic heterocycles. The Hall–Kier alpha value is -7.42. The van der Waals surface area contributed by atoms with E-state index in [1.165, 1.54) is 66.1 Å². The van der Waals surface area contributed by atoms with Crippen molar-refractivity contribution in [2.24, 2.45) is 0 Å². The number of benzene rings is 9. The molecule has 0 heterocycles. The van der Waals surface area contributed by atoms with Crippen molar-refractivity contribution in [3.8, 4) is 11.1 Å². The maximum absolute atomic E-state index is 4.20. The van der Waals surface area contributed by atoms with Gasteiger partial charge in [0.2, 0.25) is 0 Å². The van der Waals surface area contributed by atoms with Crippen molar-refractivity contribution in [3.05, 3.63) is 258 Å². The van der Waals surface area contributed by atoms with E-state index in [4.69, 9.17) is 0 Å². The Kier molecular flexibility index (Phi) is 9.26. The maximum Gasteiger partial charge on any atom is 0.0714 e. The van der Waals surface area contributed by atoms with Gasteiger partial charge >= 0.3 is 0 Å². The maximum atomic E-state index is 4.20. The predicted octanol–water partition coefficient (Wildman–Crippen LogP) is 15.7. The molecule has 10 rings (SSSR count). The molecule has 0 saturated carbocycles. The molecule has 0 fully saturated rings. The second-order valence-electron chi connectivity index (χ2n) is 15.8. The SMILES string of the molecule is C=CC(=CC)N(c1ccccc1)c1ccc(C2(c3ccc(N(c4ccccc4)c4ccccc4)cc3)c3cc(C)c4ccccc4c3-c3c2cc(C)c2ccccc32)cc1. The van der Waals surface area contributed by atoms with Crippen molar-refractivity contribution in [2.75, 3.05) is 9.80 Å². The van der Waals surface area contributed by atoms with Crippen molar-refractivity contribution < 1.29 is 0 Å². The molecule has 2 heteroatoms. The van der Waals surface area contributed by atoms with Crippen LogP contribution in [0.2, 0.25) is 0 Å². The third-order valence-corrected chi connectivity index (χ3v) is 12.5. The largest absolute Gasteiger partial charge is 0.311 e. The monoisotopic (exact) mass is 770 g/mol. The first-order chi connectivity index (χ1) is 29.5.